The third kappa shape index (κ3) is 4.16. The van der Waals surface area contributed by atoms with E-state index in [4.69, 9.17) is 0 Å². The number of rotatable bonds is 5. The highest BCUT2D eigenvalue weighted by Gasteiger charge is 2.27. The normalized spacial score (nSPS) is 22.8. The zero-order valence-corrected chi connectivity index (χ0v) is 14.9. The van der Waals surface area contributed by atoms with Crippen LogP contribution in [0, 0.1) is 5.92 Å². The van der Waals surface area contributed by atoms with Crippen LogP contribution in [-0.2, 0) is 0 Å². The minimum atomic E-state index is -0.154. The van der Waals surface area contributed by atoms with Gasteiger partial charge in [-0.05, 0) is 31.6 Å². The Hall–Kier alpha value is -1.41. The van der Waals surface area contributed by atoms with Gasteiger partial charge in [-0.1, -0.05) is 24.2 Å². The molecule has 1 saturated heterocycles. The second kappa shape index (κ2) is 7.23. The monoisotopic (exact) mass is 350 g/mol. The Morgan fingerprint density at radius 3 is 2.54 bits per heavy atom. The Morgan fingerprint density at radius 1 is 1.08 bits per heavy atom. The Labute approximate surface area is 146 Å². The van der Waals surface area contributed by atoms with E-state index in [1.165, 1.54) is 43.6 Å². The van der Waals surface area contributed by atoms with Crippen LogP contribution < -0.4 is 15.5 Å². The highest BCUT2D eigenvalue weighted by molar-refractivity contribution is 7.19. The number of urea groups is 1. The number of amides is 2. The van der Waals surface area contributed by atoms with E-state index >= 15 is 0 Å². The average Bonchev–Trinajstić information content (AvgIpc) is 3.05. The first-order valence-corrected chi connectivity index (χ1v) is 9.96. The van der Waals surface area contributed by atoms with Crippen LogP contribution >= 0.6 is 11.3 Å². The lowest BCUT2D eigenvalue weighted by Crippen LogP contribution is -2.47. The molecule has 3 aliphatic rings. The maximum atomic E-state index is 12.0. The molecular formula is C16H26N6OS. The van der Waals surface area contributed by atoms with E-state index in [1.54, 1.807) is 0 Å². The molecule has 1 aliphatic heterocycles. The molecule has 0 aromatic carbocycles. The third-order valence-electron chi connectivity index (χ3n) is 5.18. The highest BCUT2D eigenvalue weighted by atomic mass is 32.1. The van der Waals surface area contributed by atoms with Crippen molar-refractivity contribution in [3.8, 4) is 0 Å². The van der Waals surface area contributed by atoms with Crippen molar-refractivity contribution < 1.29 is 4.79 Å². The van der Waals surface area contributed by atoms with Crippen molar-refractivity contribution >= 4 is 27.6 Å². The van der Waals surface area contributed by atoms with E-state index in [0.29, 0.717) is 11.2 Å². The summed E-state index contributed by atoms with van der Waals surface area (Å²) in [7, 11) is 0. The summed E-state index contributed by atoms with van der Waals surface area (Å²) in [6.45, 7) is 5.45. The molecule has 3 fully saturated rings. The SMILES string of the molecule is O=C(Nc1nnc(N2CCN(CC3CC3)CC2)s1)NC1CCCC1. The number of hydrogen-bond acceptors (Lipinski definition) is 6. The highest BCUT2D eigenvalue weighted by Crippen LogP contribution is 2.30. The molecule has 2 aliphatic carbocycles. The molecule has 1 aromatic heterocycles. The molecule has 132 valence electrons. The topological polar surface area (TPSA) is 73.4 Å². The second-order valence-electron chi connectivity index (χ2n) is 7.20. The molecule has 7 nitrogen and oxygen atoms in total. The van der Waals surface area contributed by atoms with Gasteiger partial charge in [0.15, 0.2) is 0 Å². The minimum Gasteiger partial charge on any atom is -0.344 e. The van der Waals surface area contributed by atoms with Gasteiger partial charge in [-0.2, -0.15) is 0 Å². The van der Waals surface area contributed by atoms with E-state index < -0.39 is 0 Å². The Balaban J connectivity index is 1.24. The Kier molecular flexibility index (Phi) is 4.84. The molecule has 8 heteroatoms. The molecule has 2 N–H and O–H groups in total. The summed E-state index contributed by atoms with van der Waals surface area (Å²) in [5, 5.41) is 15.7. The van der Waals surface area contributed by atoms with Crippen LogP contribution in [0.1, 0.15) is 38.5 Å². The molecule has 0 spiro atoms. The van der Waals surface area contributed by atoms with E-state index in [2.05, 4.69) is 30.6 Å². The van der Waals surface area contributed by atoms with Crippen LogP contribution in [0.2, 0.25) is 0 Å². The number of aromatic nitrogens is 2. The van der Waals surface area contributed by atoms with Crippen molar-refractivity contribution in [2.24, 2.45) is 5.92 Å². The summed E-state index contributed by atoms with van der Waals surface area (Å²) in [6, 6.07) is 0.163. The molecule has 1 aromatic rings. The summed E-state index contributed by atoms with van der Waals surface area (Å²) < 4.78 is 0. The number of hydrogen-bond donors (Lipinski definition) is 2. The van der Waals surface area contributed by atoms with Gasteiger partial charge in [-0.3, -0.25) is 10.2 Å². The first-order chi connectivity index (χ1) is 11.8. The van der Waals surface area contributed by atoms with Gasteiger partial charge in [0.1, 0.15) is 0 Å². The van der Waals surface area contributed by atoms with Gasteiger partial charge in [-0.15, -0.1) is 10.2 Å². The van der Waals surface area contributed by atoms with Crippen molar-refractivity contribution in [2.45, 2.75) is 44.6 Å². The van der Waals surface area contributed by atoms with E-state index in [1.807, 2.05) is 0 Å². The molecule has 2 amide bonds. The van der Waals surface area contributed by atoms with Crippen LogP contribution in [0.25, 0.3) is 0 Å². The molecular weight excluding hydrogens is 324 g/mol. The van der Waals surface area contributed by atoms with Crippen LogP contribution in [0.3, 0.4) is 0 Å². The van der Waals surface area contributed by atoms with Crippen molar-refractivity contribution in [2.75, 3.05) is 42.9 Å². The maximum absolute atomic E-state index is 12.0. The molecule has 0 unspecified atom stereocenters. The second-order valence-corrected chi connectivity index (χ2v) is 8.16. The number of nitrogens with one attached hydrogen (secondary N) is 2. The van der Waals surface area contributed by atoms with Gasteiger partial charge < -0.3 is 10.2 Å². The standard InChI is InChI=1S/C16H26N6OS/c23-14(17-13-3-1-2-4-13)18-15-19-20-16(24-15)22-9-7-21(8-10-22)11-12-5-6-12/h12-13H,1-11H2,(H2,17,18,19,23). The summed E-state index contributed by atoms with van der Waals surface area (Å²) >= 11 is 1.47. The van der Waals surface area contributed by atoms with Crippen LogP contribution in [0.5, 0.6) is 0 Å². The van der Waals surface area contributed by atoms with E-state index in [9.17, 15) is 4.79 Å². The van der Waals surface area contributed by atoms with Crippen LogP contribution in [-0.4, -0.2) is 59.9 Å². The van der Waals surface area contributed by atoms with Gasteiger partial charge in [-0.25, -0.2) is 4.79 Å². The first kappa shape index (κ1) is 16.1. The molecule has 0 atom stereocenters. The Bertz CT molecular complexity index is 561. The smallest absolute Gasteiger partial charge is 0.321 e. The van der Waals surface area contributed by atoms with Crippen molar-refractivity contribution in [3.05, 3.63) is 0 Å². The quantitative estimate of drug-likeness (QED) is 0.851. The Morgan fingerprint density at radius 2 is 1.83 bits per heavy atom. The van der Waals surface area contributed by atoms with E-state index in [-0.39, 0.29) is 6.03 Å². The predicted molar refractivity (Wildman–Crippen MR) is 95.7 cm³/mol. The average molecular weight is 350 g/mol. The maximum Gasteiger partial charge on any atom is 0.321 e. The number of anilines is 2. The molecule has 24 heavy (non-hydrogen) atoms. The van der Waals surface area contributed by atoms with Gasteiger partial charge in [0.2, 0.25) is 10.3 Å². The predicted octanol–water partition coefficient (Wildman–Crippen LogP) is 2.13. The lowest BCUT2D eigenvalue weighted by atomic mass is 10.3. The molecule has 2 saturated carbocycles. The largest absolute Gasteiger partial charge is 0.344 e. The fourth-order valence-corrected chi connectivity index (χ4v) is 4.36. The zero-order valence-electron chi connectivity index (χ0n) is 14.0. The van der Waals surface area contributed by atoms with E-state index in [0.717, 1.165) is 50.1 Å². The molecule has 0 bridgehead atoms. The number of carbonyl (C=O) groups is 1. The number of nitrogens with zero attached hydrogens (tertiary/aromatic N) is 4. The summed E-state index contributed by atoms with van der Waals surface area (Å²) in [5.74, 6) is 0.951. The molecule has 0 radical (unpaired) electrons. The van der Waals surface area contributed by atoms with Crippen molar-refractivity contribution in [3.63, 3.8) is 0 Å². The summed E-state index contributed by atoms with van der Waals surface area (Å²) in [5.41, 5.74) is 0. The van der Waals surface area contributed by atoms with Gasteiger partial charge in [0.05, 0.1) is 0 Å². The fourth-order valence-electron chi connectivity index (χ4n) is 3.57. The zero-order chi connectivity index (χ0) is 16.4. The van der Waals surface area contributed by atoms with Crippen LogP contribution in [0.4, 0.5) is 15.1 Å². The third-order valence-corrected chi connectivity index (χ3v) is 6.08. The minimum absolute atomic E-state index is 0.154. The number of piperazine rings is 1. The number of carbonyl (C=O) groups excluding carboxylic acids is 1. The van der Waals surface area contributed by atoms with Crippen molar-refractivity contribution in [1.82, 2.24) is 20.4 Å². The lowest BCUT2D eigenvalue weighted by molar-refractivity contribution is 0.248. The molecule has 2 heterocycles. The van der Waals surface area contributed by atoms with Gasteiger partial charge in [0.25, 0.3) is 0 Å². The van der Waals surface area contributed by atoms with Gasteiger partial charge in [0, 0.05) is 38.8 Å². The molecule has 4 rings (SSSR count). The summed E-state index contributed by atoms with van der Waals surface area (Å²) in [4.78, 5) is 16.8. The summed E-state index contributed by atoms with van der Waals surface area (Å²) in [6.07, 6.45) is 7.41. The van der Waals surface area contributed by atoms with Crippen LogP contribution in [0.15, 0.2) is 0 Å². The lowest BCUT2D eigenvalue weighted by Gasteiger charge is -2.34. The fraction of sp³-hybridized carbons (Fsp3) is 0.812. The first-order valence-electron chi connectivity index (χ1n) is 9.14. The van der Waals surface area contributed by atoms with Gasteiger partial charge >= 0.3 is 6.03 Å². The van der Waals surface area contributed by atoms with Crippen molar-refractivity contribution in [1.29, 1.82) is 0 Å².